The maximum Gasteiger partial charge on any atom is 0.387 e. The lowest BCUT2D eigenvalue weighted by Crippen LogP contribution is -2.09. The SMILES string of the molecule is NCc1c(OC(F)F)cccc1C(CCCO)=C(F)F. The maximum absolute atomic E-state index is 13.0. The third-order valence-electron chi connectivity index (χ3n) is 2.69. The fourth-order valence-electron chi connectivity index (χ4n) is 1.85. The molecule has 0 fully saturated rings. The van der Waals surface area contributed by atoms with Crippen LogP contribution in [0, 0.1) is 0 Å². The van der Waals surface area contributed by atoms with Gasteiger partial charge in [0.2, 0.25) is 0 Å². The van der Waals surface area contributed by atoms with Gasteiger partial charge in [-0.1, -0.05) is 12.1 Å². The minimum absolute atomic E-state index is 0.0686. The van der Waals surface area contributed by atoms with E-state index in [1.165, 1.54) is 18.2 Å². The molecule has 112 valence electrons. The number of benzene rings is 1. The first-order valence-corrected chi connectivity index (χ1v) is 5.93. The van der Waals surface area contributed by atoms with E-state index in [0.29, 0.717) is 0 Å². The molecule has 0 amide bonds. The van der Waals surface area contributed by atoms with E-state index in [-0.39, 0.29) is 48.4 Å². The normalized spacial score (nSPS) is 10.8. The summed E-state index contributed by atoms with van der Waals surface area (Å²) < 4.78 is 54.8. The number of hydrogen-bond acceptors (Lipinski definition) is 3. The fourth-order valence-corrected chi connectivity index (χ4v) is 1.85. The first-order valence-electron chi connectivity index (χ1n) is 5.93. The van der Waals surface area contributed by atoms with Crippen molar-refractivity contribution < 1.29 is 27.4 Å². The topological polar surface area (TPSA) is 55.5 Å². The van der Waals surface area contributed by atoms with Crippen LogP contribution in [0.25, 0.3) is 5.57 Å². The molecule has 0 unspecified atom stereocenters. The quantitative estimate of drug-likeness (QED) is 0.759. The van der Waals surface area contributed by atoms with Crippen LogP contribution >= 0.6 is 0 Å². The van der Waals surface area contributed by atoms with Gasteiger partial charge in [0.15, 0.2) is 0 Å². The second kappa shape index (κ2) is 7.86. The Hall–Kier alpha value is -1.60. The average Bonchev–Trinajstić information content (AvgIpc) is 2.38. The van der Waals surface area contributed by atoms with Crippen molar-refractivity contribution in [1.82, 2.24) is 0 Å². The van der Waals surface area contributed by atoms with Crippen molar-refractivity contribution in [2.75, 3.05) is 6.61 Å². The molecule has 0 saturated heterocycles. The highest BCUT2D eigenvalue weighted by atomic mass is 19.3. The average molecular weight is 293 g/mol. The van der Waals surface area contributed by atoms with Gasteiger partial charge in [0.05, 0.1) is 0 Å². The number of alkyl halides is 2. The lowest BCUT2D eigenvalue weighted by Gasteiger charge is -2.15. The molecule has 0 aliphatic heterocycles. The Morgan fingerprint density at radius 3 is 2.50 bits per heavy atom. The summed E-state index contributed by atoms with van der Waals surface area (Å²) in [6.07, 6.45) is -1.87. The Morgan fingerprint density at radius 1 is 1.30 bits per heavy atom. The third-order valence-corrected chi connectivity index (χ3v) is 2.69. The van der Waals surface area contributed by atoms with Crippen LogP contribution in [0.4, 0.5) is 17.6 Å². The highest BCUT2D eigenvalue weighted by Crippen LogP contribution is 2.33. The van der Waals surface area contributed by atoms with Crippen molar-refractivity contribution in [1.29, 1.82) is 0 Å². The zero-order valence-electron chi connectivity index (χ0n) is 10.6. The molecule has 0 aromatic heterocycles. The van der Waals surface area contributed by atoms with Crippen LogP contribution in [-0.2, 0) is 6.54 Å². The molecule has 0 radical (unpaired) electrons. The minimum Gasteiger partial charge on any atom is -0.434 e. The first-order chi connectivity index (χ1) is 9.51. The summed E-state index contributed by atoms with van der Waals surface area (Å²) >= 11 is 0. The molecule has 0 atom stereocenters. The minimum atomic E-state index is -3.06. The molecule has 1 aromatic carbocycles. The second-order valence-electron chi connectivity index (χ2n) is 3.93. The van der Waals surface area contributed by atoms with Crippen molar-refractivity contribution in [3.63, 3.8) is 0 Å². The van der Waals surface area contributed by atoms with Crippen molar-refractivity contribution in [3.8, 4) is 5.75 Å². The van der Waals surface area contributed by atoms with Gasteiger partial charge < -0.3 is 15.6 Å². The Bertz CT molecular complexity index is 473. The molecule has 7 heteroatoms. The largest absolute Gasteiger partial charge is 0.434 e. The van der Waals surface area contributed by atoms with Gasteiger partial charge in [-0.05, 0) is 24.5 Å². The molecule has 1 aromatic rings. The predicted molar refractivity (Wildman–Crippen MR) is 66.4 cm³/mol. The second-order valence-corrected chi connectivity index (χ2v) is 3.93. The van der Waals surface area contributed by atoms with Crippen molar-refractivity contribution in [3.05, 3.63) is 35.4 Å². The van der Waals surface area contributed by atoms with Crippen LogP contribution in [0.1, 0.15) is 24.0 Å². The number of hydrogen-bond donors (Lipinski definition) is 2. The Balaban J connectivity index is 3.25. The van der Waals surface area contributed by atoms with E-state index < -0.39 is 12.7 Å². The summed E-state index contributed by atoms with van der Waals surface area (Å²) in [6.45, 7) is -3.52. The standard InChI is InChI=1S/C13H15F4NO2/c14-12(15)9(4-2-6-19)8-3-1-5-11(10(8)7-18)20-13(16)17/h1,3,5,13,19H,2,4,6-7,18H2. The van der Waals surface area contributed by atoms with E-state index in [1.54, 1.807) is 0 Å². The number of ether oxygens (including phenoxy) is 1. The van der Waals surface area contributed by atoms with Gasteiger partial charge in [-0.25, -0.2) is 0 Å². The number of rotatable bonds is 7. The summed E-state index contributed by atoms with van der Waals surface area (Å²) in [5.74, 6) is -0.220. The third kappa shape index (κ3) is 4.21. The first kappa shape index (κ1) is 16.5. The van der Waals surface area contributed by atoms with E-state index >= 15 is 0 Å². The molecule has 3 nitrogen and oxygen atoms in total. The molecule has 0 aliphatic carbocycles. The summed E-state index contributed by atoms with van der Waals surface area (Å²) in [5, 5.41) is 8.73. The summed E-state index contributed by atoms with van der Waals surface area (Å²) in [4.78, 5) is 0. The van der Waals surface area contributed by atoms with Gasteiger partial charge in [0, 0.05) is 24.3 Å². The monoisotopic (exact) mass is 293 g/mol. The van der Waals surface area contributed by atoms with Crippen LogP contribution < -0.4 is 10.5 Å². The number of halogens is 4. The van der Waals surface area contributed by atoms with Gasteiger partial charge in [0.1, 0.15) is 5.75 Å². The highest BCUT2D eigenvalue weighted by Gasteiger charge is 2.17. The number of allylic oxidation sites excluding steroid dienone is 1. The molecule has 1 rings (SSSR count). The maximum atomic E-state index is 13.0. The van der Waals surface area contributed by atoms with Gasteiger partial charge in [-0.3, -0.25) is 0 Å². The van der Waals surface area contributed by atoms with Crippen LogP contribution in [0.5, 0.6) is 5.75 Å². The highest BCUT2D eigenvalue weighted by molar-refractivity contribution is 5.71. The molecule has 0 heterocycles. The lowest BCUT2D eigenvalue weighted by molar-refractivity contribution is -0.0504. The van der Waals surface area contributed by atoms with Gasteiger partial charge in [-0.15, -0.1) is 0 Å². The van der Waals surface area contributed by atoms with Gasteiger partial charge >= 0.3 is 6.61 Å². The summed E-state index contributed by atoms with van der Waals surface area (Å²) in [5.41, 5.74) is 5.29. The van der Waals surface area contributed by atoms with E-state index in [1.807, 2.05) is 0 Å². The van der Waals surface area contributed by atoms with E-state index in [0.717, 1.165) is 0 Å². The Kier molecular flexibility index (Phi) is 6.47. The number of aliphatic hydroxyl groups excluding tert-OH is 1. The smallest absolute Gasteiger partial charge is 0.387 e. The molecule has 20 heavy (non-hydrogen) atoms. The Labute approximate surface area is 113 Å². The molecule has 0 aliphatic rings. The van der Waals surface area contributed by atoms with Gasteiger partial charge in [0.25, 0.3) is 6.08 Å². The zero-order valence-corrected chi connectivity index (χ0v) is 10.6. The zero-order chi connectivity index (χ0) is 15.1. The summed E-state index contributed by atoms with van der Waals surface area (Å²) in [6, 6.07) is 3.96. The number of nitrogens with two attached hydrogens (primary N) is 1. The van der Waals surface area contributed by atoms with E-state index in [2.05, 4.69) is 4.74 Å². The molecular formula is C13H15F4NO2. The predicted octanol–water partition coefficient (Wildman–Crippen LogP) is 3.13. The van der Waals surface area contributed by atoms with Crippen LogP contribution in [0.3, 0.4) is 0 Å². The molecule has 0 bridgehead atoms. The lowest BCUT2D eigenvalue weighted by atomic mass is 9.96. The fraction of sp³-hybridized carbons (Fsp3) is 0.385. The molecule has 3 N–H and O–H groups in total. The van der Waals surface area contributed by atoms with E-state index in [9.17, 15) is 17.6 Å². The van der Waals surface area contributed by atoms with Crippen molar-refractivity contribution >= 4 is 5.57 Å². The van der Waals surface area contributed by atoms with Crippen LogP contribution in [-0.4, -0.2) is 18.3 Å². The van der Waals surface area contributed by atoms with Crippen LogP contribution in [0.2, 0.25) is 0 Å². The molecular weight excluding hydrogens is 278 g/mol. The van der Waals surface area contributed by atoms with Gasteiger partial charge in [-0.2, -0.15) is 17.6 Å². The summed E-state index contributed by atoms with van der Waals surface area (Å²) in [7, 11) is 0. The number of aliphatic hydroxyl groups is 1. The molecule has 0 spiro atoms. The Morgan fingerprint density at radius 2 is 2.00 bits per heavy atom. The molecule has 0 saturated carbocycles. The van der Waals surface area contributed by atoms with E-state index in [4.69, 9.17) is 10.8 Å². The van der Waals surface area contributed by atoms with Crippen molar-refractivity contribution in [2.45, 2.75) is 26.0 Å². The van der Waals surface area contributed by atoms with Crippen LogP contribution in [0.15, 0.2) is 24.3 Å². The van der Waals surface area contributed by atoms with Crippen molar-refractivity contribution in [2.24, 2.45) is 5.73 Å².